The first-order chi connectivity index (χ1) is 17.8. The summed E-state index contributed by atoms with van der Waals surface area (Å²) in [5.41, 5.74) is 8.28. The van der Waals surface area contributed by atoms with Gasteiger partial charge in [0.15, 0.2) is 0 Å². The van der Waals surface area contributed by atoms with Gasteiger partial charge in [0.1, 0.15) is 0 Å². The summed E-state index contributed by atoms with van der Waals surface area (Å²) in [4.78, 5) is 8.71. The van der Waals surface area contributed by atoms with E-state index in [9.17, 15) is 0 Å². The molecular formula is C32H22IrN3OY-2. The SMILES string of the molecule is CN1[CH-]N(c2[c-]cccc2)c2ccccc21.[Ir+3].[Y].[c-]1ccccc1-c1[c-]nc2c(c1)OCc1ccc[c-]c1-2. The molecule has 6 heteroatoms. The van der Waals surface area contributed by atoms with E-state index in [1.54, 1.807) is 0 Å². The van der Waals surface area contributed by atoms with Gasteiger partial charge in [-0.25, -0.2) is 11.1 Å². The molecule has 0 fully saturated rings. The first kappa shape index (κ1) is 28.2. The minimum absolute atomic E-state index is 0. The third-order valence-electron chi connectivity index (χ3n) is 6.12. The Balaban J connectivity index is 0.000000172. The molecule has 0 saturated carbocycles. The summed E-state index contributed by atoms with van der Waals surface area (Å²) in [6.07, 6.45) is 3.07. The molecule has 38 heavy (non-hydrogen) atoms. The summed E-state index contributed by atoms with van der Waals surface area (Å²) in [6, 6.07) is 41.7. The molecule has 0 saturated heterocycles. The zero-order valence-electron chi connectivity index (χ0n) is 20.7. The van der Waals surface area contributed by atoms with Crippen LogP contribution in [0.4, 0.5) is 17.1 Å². The molecular weight excluding hydrogens is 723 g/mol. The average molecular weight is 746 g/mol. The molecule has 4 aromatic carbocycles. The normalized spacial score (nSPS) is 12.3. The number of fused-ring (bicyclic) bond motifs is 4. The van der Waals surface area contributed by atoms with Crippen molar-refractivity contribution in [1.29, 1.82) is 0 Å². The van der Waals surface area contributed by atoms with Crippen LogP contribution in [0.2, 0.25) is 0 Å². The summed E-state index contributed by atoms with van der Waals surface area (Å²) in [5.74, 6) is 0.783. The Morgan fingerprint density at radius 3 is 2.32 bits per heavy atom. The number of aromatic nitrogens is 1. The second-order valence-corrected chi connectivity index (χ2v) is 8.46. The van der Waals surface area contributed by atoms with E-state index < -0.39 is 0 Å². The molecule has 7 rings (SSSR count). The third kappa shape index (κ3) is 5.77. The van der Waals surface area contributed by atoms with Crippen LogP contribution in [0.3, 0.4) is 0 Å². The van der Waals surface area contributed by atoms with Gasteiger partial charge in [0, 0.05) is 49.8 Å². The molecule has 0 amide bonds. The van der Waals surface area contributed by atoms with Gasteiger partial charge in [0.25, 0.3) is 0 Å². The second-order valence-electron chi connectivity index (χ2n) is 8.46. The van der Waals surface area contributed by atoms with E-state index >= 15 is 0 Å². The van der Waals surface area contributed by atoms with Crippen molar-refractivity contribution in [1.82, 2.24) is 4.98 Å². The number of hydrogen-bond donors (Lipinski definition) is 0. The fourth-order valence-electron chi connectivity index (χ4n) is 4.35. The van der Waals surface area contributed by atoms with Crippen LogP contribution >= 0.6 is 0 Å². The van der Waals surface area contributed by atoms with Gasteiger partial charge in [-0.3, -0.25) is 0 Å². The molecule has 0 N–H and O–H groups in total. The van der Waals surface area contributed by atoms with Crippen LogP contribution in [-0.2, 0) is 59.4 Å². The zero-order valence-corrected chi connectivity index (χ0v) is 25.9. The Morgan fingerprint density at radius 1 is 0.816 bits per heavy atom. The van der Waals surface area contributed by atoms with Gasteiger partial charge in [-0.1, -0.05) is 23.9 Å². The van der Waals surface area contributed by atoms with Gasteiger partial charge >= 0.3 is 20.1 Å². The molecule has 1 aromatic heterocycles. The van der Waals surface area contributed by atoms with Gasteiger partial charge in [-0.2, -0.15) is 61.3 Å². The number of hydrogen-bond acceptors (Lipinski definition) is 4. The molecule has 2 aliphatic heterocycles. The number of benzene rings is 4. The summed E-state index contributed by atoms with van der Waals surface area (Å²) in [6.45, 7) is 2.64. The van der Waals surface area contributed by atoms with Crippen molar-refractivity contribution in [3.05, 3.63) is 134 Å². The van der Waals surface area contributed by atoms with E-state index in [2.05, 4.69) is 83.2 Å². The van der Waals surface area contributed by atoms with Crippen molar-refractivity contribution < 1.29 is 57.6 Å². The van der Waals surface area contributed by atoms with E-state index in [0.717, 1.165) is 39.4 Å². The number of ether oxygens (including phenoxy) is 1. The van der Waals surface area contributed by atoms with Gasteiger partial charge in [-0.15, -0.1) is 47.6 Å². The minimum Gasteiger partial charge on any atom is -0.516 e. The summed E-state index contributed by atoms with van der Waals surface area (Å²) in [7, 11) is 2.06. The van der Waals surface area contributed by atoms with Crippen molar-refractivity contribution >= 4 is 17.1 Å². The van der Waals surface area contributed by atoms with Crippen LogP contribution in [0, 0.1) is 31.1 Å². The van der Waals surface area contributed by atoms with Crippen LogP contribution in [0.1, 0.15) is 5.56 Å². The van der Waals surface area contributed by atoms with Gasteiger partial charge in [-0.05, 0) is 19.2 Å². The number of para-hydroxylation sites is 3. The Hall–Kier alpha value is -2.82. The number of rotatable bonds is 2. The van der Waals surface area contributed by atoms with Crippen molar-refractivity contribution in [3.63, 3.8) is 0 Å². The predicted octanol–water partition coefficient (Wildman–Crippen LogP) is 6.90. The zero-order chi connectivity index (χ0) is 24.3. The number of pyridine rings is 1. The van der Waals surface area contributed by atoms with Crippen molar-refractivity contribution in [2.75, 3.05) is 16.8 Å². The molecule has 0 spiro atoms. The number of anilines is 3. The van der Waals surface area contributed by atoms with Crippen LogP contribution in [-0.4, -0.2) is 12.0 Å². The van der Waals surface area contributed by atoms with E-state index in [1.165, 1.54) is 11.4 Å². The van der Waals surface area contributed by atoms with Gasteiger partial charge in [0.05, 0.1) is 12.4 Å². The van der Waals surface area contributed by atoms with Crippen LogP contribution < -0.4 is 14.5 Å². The van der Waals surface area contributed by atoms with Crippen molar-refractivity contribution in [2.24, 2.45) is 0 Å². The van der Waals surface area contributed by atoms with Gasteiger partial charge < -0.3 is 19.5 Å². The van der Waals surface area contributed by atoms with E-state index in [4.69, 9.17) is 4.74 Å². The Kier molecular flexibility index (Phi) is 9.51. The first-order valence-electron chi connectivity index (χ1n) is 11.7. The fourth-order valence-corrected chi connectivity index (χ4v) is 4.35. The summed E-state index contributed by atoms with van der Waals surface area (Å²) < 4.78 is 5.80. The molecule has 0 aliphatic carbocycles. The molecule has 1 radical (unpaired) electrons. The van der Waals surface area contributed by atoms with E-state index in [1.807, 2.05) is 66.7 Å². The Labute approximate surface area is 262 Å². The monoisotopic (exact) mass is 746 g/mol. The molecule has 2 aliphatic rings. The molecule has 5 aromatic rings. The molecule has 0 atom stereocenters. The first-order valence-corrected chi connectivity index (χ1v) is 11.7. The van der Waals surface area contributed by atoms with E-state index in [0.29, 0.717) is 6.61 Å². The van der Waals surface area contributed by atoms with Crippen molar-refractivity contribution in [2.45, 2.75) is 6.61 Å². The van der Waals surface area contributed by atoms with Crippen molar-refractivity contribution in [3.8, 4) is 28.1 Å². The molecule has 4 nitrogen and oxygen atoms in total. The average Bonchev–Trinajstić information content (AvgIpc) is 3.30. The smallest absolute Gasteiger partial charge is 0.516 e. The molecule has 185 valence electrons. The Morgan fingerprint density at radius 2 is 1.55 bits per heavy atom. The quantitative estimate of drug-likeness (QED) is 0.184. The minimum atomic E-state index is 0. The third-order valence-corrected chi connectivity index (χ3v) is 6.12. The maximum Gasteiger partial charge on any atom is 3.00 e. The molecule has 0 bridgehead atoms. The fraction of sp³-hybridized carbons (Fsp3) is 0.0625. The largest absolute Gasteiger partial charge is 3.00 e. The van der Waals surface area contributed by atoms with Crippen LogP contribution in [0.15, 0.2) is 97.1 Å². The predicted molar refractivity (Wildman–Crippen MR) is 143 cm³/mol. The van der Waals surface area contributed by atoms with E-state index in [-0.39, 0.29) is 52.8 Å². The molecule has 0 unspecified atom stereocenters. The van der Waals surface area contributed by atoms with Crippen LogP contribution in [0.25, 0.3) is 22.4 Å². The molecule has 3 heterocycles. The topological polar surface area (TPSA) is 28.6 Å². The second kappa shape index (κ2) is 12.8. The van der Waals surface area contributed by atoms with Gasteiger partial charge in [0.2, 0.25) is 0 Å². The maximum atomic E-state index is 5.80. The summed E-state index contributed by atoms with van der Waals surface area (Å²) >= 11 is 0. The maximum absolute atomic E-state index is 5.80. The summed E-state index contributed by atoms with van der Waals surface area (Å²) in [5, 5.41) is 0. The number of nitrogens with zero attached hydrogens (tertiary/aromatic N) is 3. The standard InChI is InChI=1S/C18H10NO.C14H12N2.Ir.Y/c1-2-6-13(7-3-1)15-10-17-18(19-11-15)16-9-5-4-8-14(16)12-20-17;1-15-11-16(12-7-3-2-4-8-12)14-10-6-5-9-13(14)15;;/h1-6,8,10H,12H2;2-7,9-11H,1H3;;/q-3;-2;+3;. The van der Waals surface area contributed by atoms with Crippen LogP contribution in [0.5, 0.6) is 5.75 Å². The Bertz CT molecular complexity index is 1500.